The normalized spacial score (nSPS) is 17.7. The van der Waals surface area contributed by atoms with Crippen molar-refractivity contribution >= 4 is 16.8 Å². The summed E-state index contributed by atoms with van der Waals surface area (Å²) in [6, 6.07) is 5.70. The topological polar surface area (TPSA) is 52.2 Å². The number of aryl methyl sites for hydroxylation is 1. The predicted molar refractivity (Wildman–Crippen MR) is 79.1 cm³/mol. The van der Waals surface area contributed by atoms with Gasteiger partial charge in [-0.05, 0) is 32.2 Å². The van der Waals surface area contributed by atoms with Crippen molar-refractivity contribution in [2.75, 3.05) is 39.8 Å². The Balaban J connectivity index is 1.71. The molecule has 2 heterocycles. The van der Waals surface area contributed by atoms with Crippen molar-refractivity contribution in [1.82, 2.24) is 19.8 Å². The molecule has 3 rings (SSSR count). The molecular formula is C15H20N4O. The second-order valence-electron chi connectivity index (χ2n) is 5.56. The molecule has 0 amide bonds. The molecule has 20 heavy (non-hydrogen) atoms. The second-order valence-corrected chi connectivity index (χ2v) is 5.56. The smallest absolute Gasteiger partial charge is 0.176 e. The average molecular weight is 272 g/mol. The maximum absolute atomic E-state index is 12.4. The number of likely N-dealkylation sites (N-methyl/N-ethyl adjacent to an activating group) is 1. The molecule has 106 valence electrons. The number of H-pyrrole nitrogens is 1. The van der Waals surface area contributed by atoms with Crippen LogP contribution in [0.15, 0.2) is 18.2 Å². The standard InChI is InChI=1S/C15H20N4O/c1-11-16-13-4-3-12(9-14(13)17-11)15(20)10-19-7-5-18(2)6-8-19/h3-4,9H,5-8,10H2,1-2H3,(H,16,17). The molecule has 0 spiro atoms. The van der Waals surface area contributed by atoms with Crippen molar-refractivity contribution in [1.29, 1.82) is 0 Å². The number of piperazine rings is 1. The van der Waals surface area contributed by atoms with Crippen LogP contribution in [0.4, 0.5) is 0 Å². The van der Waals surface area contributed by atoms with Crippen LogP contribution in [0, 0.1) is 6.92 Å². The lowest BCUT2D eigenvalue weighted by atomic mass is 10.1. The van der Waals surface area contributed by atoms with E-state index < -0.39 is 0 Å². The van der Waals surface area contributed by atoms with E-state index in [1.54, 1.807) is 0 Å². The number of ketones is 1. The number of hydrogen-bond acceptors (Lipinski definition) is 4. The third kappa shape index (κ3) is 2.73. The number of rotatable bonds is 3. The Kier molecular flexibility index (Phi) is 3.54. The van der Waals surface area contributed by atoms with Crippen molar-refractivity contribution < 1.29 is 4.79 Å². The quantitative estimate of drug-likeness (QED) is 0.856. The van der Waals surface area contributed by atoms with Crippen LogP contribution in [0.1, 0.15) is 16.2 Å². The Hall–Kier alpha value is -1.72. The fourth-order valence-corrected chi connectivity index (χ4v) is 2.61. The first kappa shape index (κ1) is 13.3. The van der Waals surface area contributed by atoms with E-state index in [1.807, 2.05) is 25.1 Å². The highest BCUT2D eigenvalue weighted by Crippen LogP contribution is 2.14. The summed E-state index contributed by atoms with van der Waals surface area (Å²) in [6.07, 6.45) is 0. The highest BCUT2D eigenvalue weighted by molar-refractivity contribution is 6.00. The number of nitrogens with one attached hydrogen (secondary N) is 1. The third-order valence-corrected chi connectivity index (χ3v) is 3.89. The molecular weight excluding hydrogens is 252 g/mol. The molecule has 1 fully saturated rings. The summed E-state index contributed by atoms with van der Waals surface area (Å²) in [4.78, 5) is 24.4. The van der Waals surface area contributed by atoms with Crippen LogP contribution in [0.3, 0.4) is 0 Å². The van der Waals surface area contributed by atoms with Crippen molar-refractivity contribution in [3.63, 3.8) is 0 Å². The monoisotopic (exact) mass is 272 g/mol. The zero-order valence-electron chi connectivity index (χ0n) is 12.0. The van der Waals surface area contributed by atoms with Gasteiger partial charge >= 0.3 is 0 Å². The first-order chi connectivity index (χ1) is 9.61. The molecule has 5 nitrogen and oxygen atoms in total. The van der Waals surface area contributed by atoms with Crippen LogP contribution in [0.25, 0.3) is 11.0 Å². The molecule has 0 radical (unpaired) electrons. The van der Waals surface area contributed by atoms with Gasteiger partial charge in [0.2, 0.25) is 0 Å². The fraction of sp³-hybridized carbons (Fsp3) is 0.467. The molecule has 0 saturated carbocycles. The van der Waals surface area contributed by atoms with E-state index in [4.69, 9.17) is 0 Å². The van der Waals surface area contributed by atoms with Gasteiger partial charge in [-0.2, -0.15) is 0 Å². The van der Waals surface area contributed by atoms with E-state index in [-0.39, 0.29) is 5.78 Å². The summed E-state index contributed by atoms with van der Waals surface area (Å²) in [7, 11) is 2.12. The zero-order valence-corrected chi connectivity index (χ0v) is 12.0. The molecule has 1 N–H and O–H groups in total. The third-order valence-electron chi connectivity index (χ3n) is 3.89. The van der Waals surface area contributed by atoms with Gasteiger partial charge in [0, 0.05) is 31.7 Å². The molecule has 1 saturated heterocycles. The number of carbonyl (C=O) groups excluding carboxylic acids is 1. The summed E-state index contributed by atoms with van der Waals surface area (Å²) in [5.74, 6) is 1.06. The number of benzene rings is 1. The minimum Gasteiger partial charge on any atom is -0.342 e. The van der Waals surface area contributed by atoms with Crippen LogP contribution >= 0.6 is 0 Å². The fourth-order valence-electron chi connectivity index (χ4n) is 2.61. The van der Waals surface area contributed by atoms with Gasteiger partial charge in [0.1, 0.15) is 5.82 Å². The molecule has 0 atom stereocenters. The summed E-state index contributed by atoms with van der Waals surface area (Å²) in [5.41, 5.74) is 2.62. The van der Waals surface area contributed by atoms with E-state index in [1.165, 1.54) is 0 Å². The van der Waals surface area contributed by atoms with Gasteiger partial charge in [-0.15, -0.1) is 0 Å². The van der Waals surface area contributed by atoms with Crippen molar-refractivity contribution in [2.24, 2.45) is 0 Å². The highest BCUT2D eigenvalue weighted by Gasteiger charge is 2.17. The van der Waals surface area contributed by atoms with Gasteiger partial charge in [-0.3, -0.25) is 9.69 Å². The van der Waals surface area contributed by atoms with Crippen molar-refractivity contribution in [3.05, 3.63) is 29.6 Å². The summed E-state index contributed by atoms with van der Waals surface area (Å²) in [6.45, 7) is 6.43. The van der Waals surface area contributed by atoms with Crippen LogP contribution < -0.4 is 0 Å². The van der Waals surface area contributed by atoms with E-state index in [0.29, 0.717) is 6.54 Å². The van der Waals surface area contributed by atoms with E-state index >= 15 is 0 Å². The lowest BCUT2D eigenvalue weighted by Gasteiger charge is -2.31. The number of carbonyl (C=O) groups is 1. The Morgan fingerprint density at radius 3 is 2.80 bits per heavy atom. The van der Waals surface area contributed by atoms with Gasteiger partial charge < -0.3 is 9.88 Å². The van der Waals surface area contributed by atoms with Crippen LogP contribution in [-0.4, -0.2) is 65.3 Å². The predicted octanol–water partition coefficient (Wildman–Crippen LogP) is 1.30. The number of nitrogens with zero attached hydrogens (tertiary/aromatic N) is 3. The van der Waals surface area contributed by atoms with Crippen LogP contribution in [0.2, 0.25) is 0 Å². The lowest BCUT2D eigenvalue weighted by molar-refractivity contribution is 0.0876. The van der Waals surface area contributed by atoms with Gasteiger partial charge in [0.15, 0.2) is 5.78 Å². The molecule has 1 aromatic carbocycles. The Bertz CT molecular complexity index is 626. The summed E-state index contributed by atoms with van der Waals surface area (Å²) < 4.78 is 0. The molecule has 0 aliphatic carbocycles. The van der Waals surface area contributed by atoms with E-state index in [2.05, 4.69) is 26.8 Å². The molecule has 0 unspecified atom stereocenters. The largest absolute Gasteiger partial charge is 0.342 e. The van der Waals surface area contributed by atoms with Crippen LogP contribution in [0.5, 0.6) is 0 Å². The van der Waals surface area contributed by atoms with E-state index in [0.717, 1.165) is 48.6 Å². The molecule has 1 aromatic heterocycles. The SMILES string of the molecule is Cc1nc2ccc(C(=O)CN3CCN(C)CC3)cc2[nH]1. The zero-order chi connectivity index (χ0) is 14.1. The first-order valence-corrected chi connectivity index (χ1v) is 7.02. The lowest BCUT2D eigenvalue weighted by Crippen LogP contribution is -2.46. The van der Waals surface area contributed by atoms with Gasteiger partial charge in [-0.1, -0.05) is 0 Å². The minimum absolute atomic E-state index is 0.184. The average Bonchev–Trinajstić information content (AvgIpc) is 2.80. The Labute approximate surface area is 118 Å². The van der Waals surface area contributed by atoms with Gasteiger partial charge in [-0.25, -0.2) is 4.98 Å². The number of fused-ring (bicyclic) bond motifs is 1. The molecule has 0 bridgehead atoms. The number of hydrogen-bond donors (Lipinski definition) is 1. The molecule has 2 aromatic rings. The van der Waals surface area contributed by atoms with Crippen molar-refractivity contribution in [2.45, 2.75) is 6.92 Å². The first-order valence-electron chi connectivity index (χ1n) is 7.02. The number of aromatic amines is 1. The van der Waals surface area contributed by atoms with Crippen molar-refractivity contribution in [3.8, 4) is 0 Å². The van der Waals surface area contributed by atoms with Gasteiger partial charge in [0.25, 0.3) is 0 Å². The Morgan fingerprint density at radius 1 is 1.30 bits per heavy atom. The number of imidazole rings is 1. The minimum atomic E-state index is 0.184. The highest BCUT2D eigenvalue weighted by atomic mass is 16.1. The summed E-state index contributed by atoms with van der Waals surface area (Å²) in [5, 5.41) is 0. The second kappa shape index (κ2) is 5.34. The Morgan fingerprint density at radius 2 is 2.05 bits per heavy atom. The molecule has 5 heteroatoms. The molecule has 1 aliphatic heterocycles. The number of Topliss-reactive ketones (excluding diaryl/α,β-unsaturated/α-hetero) is 1. The van der Waals surface area contributed by atoms with Crippen LogP contribution in [-0.2, 0) is 0 Å². The van der Waals surface area contributed by atoms with E-state index in [9.17, 15) is 4.79 Å². The maximum Gasteiger partial charge on any atom is 0.176 e. The van der Waals surface area contributed by atoms with Gasteiger partial charge in [0.05, 0.1) is 17.6 Å². The number of aromatic nitrogens is 2. The summed E-state index contributed by atoms with van der Waals surface area (Å²) >= 11 is 0. The molecule has 1 aliphatic rings. The maximum atomic E-state index is 12.4.